The number of ether oxygens (including phenoxy) is 2. The molecular weight excluding hydrogens is 302 g/mol. The molecule has 0 saturated carbocycles. The number of carbonyl (C=O) groups excluding carboxylic acids is 1. The molecule has 0 fully saturated rings. The second kappa shape index (κ2) is 8.96. The lowest BCUT2D eigenvalue weighted by Crippen LogP contribution is -2.38. The Hall–Kier alpha value is -2.49. The Morgan fingerprint density at radius 1 is 1.17 bits per heavy atom. The van der Waals surface area contributed by atoms with E-state index in [0.717, 1.165) is 29.0 Å². The fraction of sp³-hybridized carbons (Fsp3) is 0.350. The van der Waals surface area contributed by atoms with Crippen LogP contribution in [0.2, 0.25) is 0 Å². The molecular formula is C20H25NO3. The van der Waals surface area contributed by atoms with Crippen molar-refractivity contribution in [3.63, 3.8) is 0 Å². The molecule has 2 rings (SSSR count). The summed E-state index contributed by atoms with van der Waals surface area (Å²) in [5.41, 5.74) is 2.24. The van der Waals surface area contributed by atoms with Crippen LogP contribution < -0.4 is 14.8 Å². The van der Waals surface area contributed by atoms with Gasteiger partial charge in [-0.2, -0.15) is 0 Å². The molecule has 1 atom stereocenters. The zero-order valence-electron chi connectivity index (χ0n) is 14.5. The van der Waals surface area contributed by atoms with E-state index >= 15 is 0 Å². The number of aryl methyl sites for hydroxylation is 2. The van der Waals surface area contributed by atoms with Crippen molar-refractivity contribution in [1.29, 1.82) is 0 Å². The second-order valence-electron chi connectivity index (χ2n) is 5.68. The van der Waals surface area contributed by atoms with Gasteiger partial charge in [-0.3, -0.25) is 4.79 Å². The lowest BCUT2D eigenvalue weighted by atomic mass is 10.1. The van der Waals surface area contributed by atoms with Crippen molar-refractivity contribution in [2.24, 2.45) is 0 Å². The van der Waals surface area contributed by atoms with Crippen LogP contribution in [0.25, 0.3) is 0 Å². The standard InChI is InChI=1S/C20H25NO3/c1-4-17-9-5-6-11-19(17)24-16(3)20(22)21-12-13-23-18-10-7-8-15(2)14-18/h5-11,14,16H,4,12-13H2,1-3H3,(H,21,22)/t16-/m1/s1. The monoisotopic (exact) mass is 327 g/mol. The van der Waals surface area contributed by atoms with Gasteiger partial charge >= 0.3 is 0 Å². The third kappa shape index (κ3) is 5.30. The summed E-state index contributed by atoms with van der Waals surface area (Å²) in [5, 5.41) is 2.84. The van der Waals surface area contributed by atoms with Crippen molar-refractivity contribution < 1.29 is 14.3 Å². The van der Waals surface area contributed by atoms with Gasteiger partial charge in [-0.1, -0.05) is 37.3 Å². The predicted molar refractivity (Wildman–Crippen MR) is 95.6 cm³/mol. The number of para-hydroxylation sites is 1. The molecule has 24 heavy (non-hydrogen) atoms. The minimum Gasteiger partial charge on any atom is -0.492 e. The van der Waals surface area contributed by atoms with Crippen LogP contribution in [0.3, 0.4) is 0 Å². The molecule has 2 aromatic carbocycles. The van der Waals surface area contributed by atoms with E-state index in [1.54, 1.807) is 6.92 Å². The van der Waals surface area contributed by atoms with E-state index in [-0.39, 0.29) is 5.91 Å². The van der Waals surface area contributed by atoms with E-state index in [0.29, 0.717) is 13.2 Å². The minimum absolute atomic E-state index is 0.145. The van der Waals surface area contributed by atoms with E-state index in [9.17, 15) is 4.79 Å². The first-order valence-electron chi connectivity index (χ1n) is 8.32. The van der Waals surface area contributed by atoms with Gasteiger partial charge in [-0.05, 0) is 49.6 Å². The van der Waals surface area contributed by atoms with Gasteiger partial charge in [0.25, 0.3) is 5.91 Å². The molecule has 2 aromatic rings. The first kappa shape index (κ1) is 17.9. The highest BCUT2D eigenvalue weighted by Gasteiger charge is 2.15. The molecule has 0 spiro atoms. The summed E-state index contributed by atoms with van der Waals surface area (Å²) in [5.74, 6) is 1.43. The Morgan fingerprint density at radius 3 is 2.71 bits per heavy atom. The molecule has 1 N–H and O–H groups in total. The molecule has 0 unspecified atom stereocenters. The summed E-state index contributed by atoms with van der Waals surface area (Å²) < 4.78 is 11.4. The third-order valence-electron chi connectivity index (χ3n) is 3.69. The first-order chi connectivity index (χ1) is 11.6. The molecule has 1 amide bonds. The molecule has 0 aliphatic carbocycles. The Bertz CT molecular complexity index is 669. The molecule has 0 aromatic heterocycles. The van der Waals surface area contributed by atoms with E-state index in [4.69, 9.17) is 9.47 Å². The van der Waals surface area contributed by atoms with Crippen LogP contribution in [0.15, 0.2) is 48.5 Å². The smallest absolute Gasteiger partial charge is 0.260 e. The van der Waals surface area contributed by atoms with Gasteiger partial charge in [0.15, 0.2) is 6.10 Å². The zero-order valence-corrected chi connectivity index (χ0v) is 14.5. The fourth-order valence-corrected chi connectivity index (χ4v) is 2.35. The van der Waals surface area contributed by atoms with Crippen molar-refractivity contribution in [3.05, 3.63) is 59.7 Å². The van der Waals surface area contributed by atoms with Gasteiger partial charge < -0.3 is 14.8 Å². The molecule has 0 radical (unpaired) electrons. The van der Waals surface area contributed by atoms with Crippen molar-refractivity contribution in [2.75, 3.05) is 13.2 Å². The minimum atomic E-state index is -0.545. The summed E-state index contributed by atoms with van der Waals surface area (Å²) in [6, 6.07) is 15.6. The summed E-state index contributed by atoms with van der Waals surface area (Å²) >= 11 is 0. The summed E-state index contributed by atoms with van der Waals surface area (Å²) in [7, 11) is 0. The predicted octanol–water partition coefficient (Wildman–Crippen LogP) is 3.52. The molecule has 0 aliphatic heterocycles. The van der Waals surface area contributed by atoms with Gasteiger partial charge in [0, 0.05) is 0 Å². The molecule has 0 aliphatic rings. The van der Waals surface area contributed by atoms with E-state index in [1.165, 1.54) is 0 Å². The highest BCUT2D eigenvalue weighted by Crippen LogP contribution is 2.19. The number of nitrogens with one attached hydrogen (secondary N) is 1. The topological polar surface area (TPSA) is 47.6 Å². The maximum atomic E-state index is 12.1. The van der Waals surface area contributed by atoms with Gasteiger partial charge in [-0.15, -0.1) is 0 Å². The number of hydrogen-bond donors (Lipinski definition) is 1. The summed E-state index contributed by atoms with van der Waals surface area (Å²) in [4.78, 5) is 12.1. The highest BCUT2D eigenvalue weighted by molar-refractivity contribution is 5.80. The Balaban J connectivity index is 1.75. The Kier molecular flexibility index (Phi) is 6.67. The van der Waals surface area contributed by atoms with Crippen LogP contribution in [0, 0.1) is 6.92 Å². The van der Waals surface area contributed by atoms with Crippen molar-refractivity contribution in [3.8, 4) is 11.5 Å². The Labute approximate surface area is 143 Å². The molecule has 4 heteroatoms. The average molecular weight is 327 g/mol. The van der Waals surface area contributed by atoms with Gasteiger partial charge in [0.1, 0.15) is 18.1 Å². The molecule has 128 valence electrons. The second-order valence-corrected chi connectivity index (χ2v) is 5.68. The van der Waals surface area contributed by atoms with Crippen molar-refractivity contribution >= 4 is 5.91 Å². The number of rotatable bonds is 8. The molecule has 4 nitrogen and oxygen atoms in total. The number of hydrogen-bond acceptors (Lipinski definition) is 3. The maximum Gasteiger partial charge on any atom is 0.260 e. The van der Waals surface area contributed by atoms with Gasteiger partial charge in [0.05, 0.1) is 6.54 Å². The molecule has 0 heterocycles. The van der Waals surface area contributed by atoms with Gasteiger partial charge in [0.2, 0.25) is 0 Å². The number of amides is 1. The Morgan fingerprint density at radius 2 is 1.96 bits per heavy atom. The maximum absolute atomic E-state index is 12.1. The molecule has 0 saturated heterocycles. The molecule has 0 bridgehead atoms. The highest BCUT2D eigenvalue weighted by atomic mass is 16.5. The normalized spacial score (nSPS) is 11.6. The van der Waals surface area contributed by atoms with Crippen molar-refractivity contribution in [2.45, 2.75) is 33.3 Å². The van der Waals surface area contributed by atoms with Crippen molar-refractivity contribution in [1.82, 2.24) is 5.32 Å². The van der Waals surface area contributed by atoms with Crippen LogP contribution in [-0.2, 0) is 11.2 Å². The van der Waals surface area contributed by atoms with Crippen LogP contribution in [0.4, 0.5) is 0 Å². The quantitative estimate of drug-likeness (QED) is 0.755. The van der Waals surface area contributed by atoms with Crippen LogP contribution in [0.1, 0.15) is 25.0 Å². The van der Waals surface area contributed by atoms with E-state index < -0.39 is 6.10 Å². The van der Waals surface area contributed by atoms with Crippen LogP contribution in [-0.4, -0.2) is 25.2 Å². The largest absolute Gasteiger partial charge is 0.492 e. The number of carbonyl (C=O) groups is 1. The fourth-order valence-electron chi connectivity index (χ4n) is 2.35. The lowest BCUT2D eigenvalue weighted by molar-refractivity contribution is -0.127. The van der Waals surface area contributed by atoms with Crippen LogP contribution in [0.5, 0.6) is 11.5 Å². The zero-order chi connectivity index (χ0) is 17.4. The SMILES string of the molecule is CCc1ccccc1O[C@H](C)C(=O)NCCOc1cccc(C)c1. The lowest BCUT2D eigenvalue weighted by Gasteiger charge is -2.17. The van der Waals surface area contributed by atoms with Crippen LogP contribution >= 0.6 is 0 Å². The third-order valence-corrected chi connectivity index (χ3v) is 3.69. The van der Waals surface area contributed by atoms with Gasteiger partial charge in [-0.25, -0.2) is 0 Å². The summed E-state index contributed by atoms with van der Waals surface area (Å²) in [6.07, 6.45) is 0.325. The average Bonchev–Trinajstić information content (AvgIpc) is 2.59. The number of benzene rings is 2. The van der Waals surface area contributed by atoms with E-state index in [2.05, 4.69) is 12.2 Å². The van der Waals surface area contributed by atoms with E-state index in [1.807, 2.05) is 55.5 Å². The first-order valence-corrected chi connectivity index (χ1v) is 8.32. The summed E-state index contributed by atoms with van der Waals surface area (Å²) in [6.45, 7) is 6.70.